The van der Waals surface area contributed by atoms with Gasteiger partial charge in [-0.15, -0.1) is 0 Å². The van der Waals surface area contributed by atoms with E-state index in [1.54, 1.807) is 0 Å². The molecule has 1 saturated heterocycles. The van der Waals surface area contributed by atoms with Crippen LogP contribution in [-0.2, 0) is 4.79 Å². The molecule has 0 aromatic heterocycles. The van der Waals surface area contributed by atoms with E-state index in [9.17, 15) is 4.79 Å². The van der Waals surface area contributed by atoms with E-state index in [1.807, 2.05) is 0 Å². The SMILES string of the molecule is O=C1CCCC1C1CCCN1CC1CC2CCC1C2. The summed E-state index contributed by atoms with van der Waals surface area (Å²) in [5.74, 6) is 4.04. The second-order valence-corrected chi connectivity index (χ2v) is 7.60. The molecule has 106 valence electrons. The molecule has 0 aromatic rings. The lowest BCUT2D eigenvalue weighted by atomic mass is 9.87. The fourth-order valence-corrected chi connectivity index (χ4v) is 5.69. The molecule has 2 nitrogen and oxygen atoms in total. The van der Waals surface area contributed by atoms with Gasteiger partial charge in [0.15, 0.2) is 0 Å². The van der Waals surface area contributed by atoms with Gasteiger partial charge in [-0.2, -0.15) is 0 Å². The molecule has 0 aromatic carbocycles. The summed E-state index contributed by atoms with van der Waals surface area (Å²) in [7, 11) is 0. The zero-order valence-corrected chi connectivity index (χ0v) is 12.0. The first-order valence-corrected chi connectivity index (χ1v) is 8.58. The van der Waals surface area contributed by atoms with Gasteiger partial charge in [0.2, 0.25) is 0 Å². The number of carbonyl (C=O) groups excluding carboxylic acids is 1. The van der Waals surface area contributed by atoms with E-state index < -0.39 is 0 Å². The Morgan fingerprint density at radius 1 is 1.05 bits per heavy atom. The molecule has 0 spiro atoms. The number of hydrogen-bond acceptors (Lipinski definition) is 2. The second kappa shape index (κ2) is 4.87. The van der Waals surface area contributed by atoms with Crippen LogP contribution in [0.1, 0.15) is 57.8 Å². The minimum atomic E-state index is 0.404. The molecule has 5 atom stereocenters. The van der Waals surface area contributed by atoms with Gasteiger partial charge in [0.1, 0.15) is 5.78 Å². The third kappa shape index (κ3) is 2.16. The summed E-state index contributed by atoms with van der Waals surface area (Å²) in [5.41, 5.74) is 0. The Bertz CT molecular complexity index is 366. The first kappa shape index (κ1) is 12.4. The Morgan fingerprint density at radius 2 is 2.00 bits per heavy atom. The molecule has 0 N–H and O–H groups in total. The van der Waals surface area contributed by atoms with Gasteiger partial charge in [-0.3, -0.25) is 9.69 Å². The monoisotopic (exact) mass is 261 g/mol. The van der Waals surface area contributed by atoms with Crippen molar-refractivity contribution in [2.24, 2.45) is 23.7 Å². The highest BCUT2D eigenvalue weighted by Crippen LogP contribution is 2.49. The van der Waals surface area contributed by atoms with Crippen LogP contribution in [0.3, 0.4) is 0 Å². The first-order valence-electron chi connectivity index (χ1n) is 8.58. The number of carbonyl (C=O) groups is 1. The molecule has 3 aliphatic carbocycles. The standard InChI is InChI=1S/C17H27NO/c19-17-5-1-3-15(17)16-4-2-8-18(16)11-14-10-12-6-7-13(14)9-12/h12-16H,1-11H2. The Balaban J connectivity index is 1.41. The quantitative estimate of drug-likeness (QED) is 0.777. The molecule has 4 aliphatic rings. The van der Waals surface area contributed by atoms with Gasteiger partial charge >= 0.3 is 0 Å². The van der Waals surface area contributed by atoms with Crippen LogP contribution in [0.25, 0.3) is 0 Å². The number of ketones is 1. The van der Waals surface area contributed by atoms with E-state index in [0.29, 0.717) is 17.7 Å². The van der Waals surface area contributed by atoms with Crippen molar-refractivity contribution in [3.8, 4) is 0 Å². The fraction of sp³-hybridized carbons (Fsp3) is 0.941. The average Bonchev–Trinajstić information content (AvgIpc) is 3.13. The van der Waals surface area contributed by atoms with Crippen LogP contribution in [0.5, 0.6) is 0 Å². The third-order valence-corrected chi connectivity index (χ3v) is 6.58. The van der Waals surface area contributed by atoms with Crippen LogP contribution >= 0.6 is 0 Å². The highest BCUT2D eigenvalue weighted by atomic mass is 16.1. The van der Waals surface area contributed by atoms with E-state index in [4.69, 9.17) is 0 Å². The molecule has 4 fully saturated rings. The molecule has 0 amide bonds. The van der Waals surface area contributed by atoms with Crippen molar-refractivity contribution in [3.63, 3.8) is 0 Å². The third-order valence-electron chi connectivity index (χ3n) is 6.58. The predicted molar refractivity (Wildman–Crippen MR) is 75.9 cm³/mol. The van der Waals surface area contributed by atoms with E-state index in [0.717, 1.165) is 30.6 Å². The van der Waals surface area contributed by atoms with Crippen LogP contribution in [-0.4, -0.2) is 29.8 Å². The van der Waals surface area contributed by atoms with Gasteiger partial charge in [-0.25, -0.2) is 0 Å². The van der Waals surface area contributed by atoms with Gasteiger partial charge < -0.3 is 0 Å². The molecule has 4 rings (SSSR count). The van der Waals surface area contributed by atoms with Gasteiger partial charge in [-0.1, -0.05) is 6.42 Å². The molecule has 1 aliphatic heterocycles. The van der Waals surface area contributed by atoms with Gasteiger partial charge in [-0.05, 0) is 69.2 Å². The zero-order valence-electron chi connectivity index (χ0n) is 12.0. The van der Waals surface area contributed by atoms with Crippen LogP contribution in [0, 0.1) is 23.7 Å². The summed E-state index contributed by atoms with van der Waals surface area (Å²) in [4.78, 5) is 14.8. The van der Waals surface area contributed by atoms with Crippen molar-refractivity contribution in [2.45, 2.75) is 63.8 Å². The minimum absolute atomic E-state index is 0.404. The van der Waals surface area contributed by atoms with E-state index in [2.05, 4.69) is 4.90 Å². The van der Waals surface area contributed by atoms with Crippen molar-refractivity contribution in [2.75, 3.05) is 13.1 Å². The van der Waals surface area contributed by atoms with E-state index in [1.165, 1.54) is 58.0 Å². The lowest BCUT2D eigenvalue weighted by Crippen LogP contribution is -2.41. The number of Topliss-reactive ketones (excluding diaryl/α,β-unsaturated/α-hetero) is 1. The summed E-state index contributed by atoms with van der Waals surface area (Å²) in [6, 6.07) is 0.620. The smallest absolute Gasteiger partial charge is 0.137 e. The van der Waals surface area contributed by atoms with Crippen LogP contribution in [0.2, 0.25) is 0 Å². The zero-order chi connectivity index (χ0) is 12.8. The molecular formula is C17H27NO. The normalized spacial score (nSPS) is 46.5. The van der Waals surface area contributed by atoms with Crippen molar-refractivity contribution in [1.82, 2.24) is 4.90 Å². The number of rotatable bonds is 3. The summed E-state index contributed by atoms with van der Waals surface area (Å²) >= 11 is 0. The Morgan fingerprint density at radius 3 is 2.68 bits per heavy atom. The molecule has 1 heterocycles. The molecule has 2 bridgehead atoms. The molecular weight excluding hydrogens is 234 g/mol. The summed E-state index contributed by atoms with van der Waals surface area (Å²) in [6.45, 7) is 2.58. The molecule has 19 heavy (non-hydrogen) atoms. The first-order chi connectivity index (χ1) is 9.31. The summed E-state index contributed by atoms with van der Waals surface area (Å²) < 4.78 is 0. The van der Waals surface area contributed by atoms with Crippen LogP contribution < -0.4 is 0 Å². The molecule has 3 saturated carbocycles. The number of nitrogens with zero attached hydrogens (tertiary/aromatic N) is 1. The predicted octanol–water partition coefficient (Wildman–Crippen LogP) is 3.26. The maximum absolute atomic E-state index is 12.0. The van der Waals surface area contributed by atoms with Crippen molar-refractivity contribution < 1.29 is 4.79 Å². The van der Waals surface area contributed by atoms with Gasteiger partial charge in [0.05, 0.1) is 0 Å². The maximum Gasteiger partial charge on any atom is 0.137 e. The number of fused-ring (bicyclic) bond motifs is 2. The Kier molecular flexibility index (Phi) is 3.17. The lowest BCUT2D eigenvalue weighted by Gasteiger charge is -2.33. The van der Waals surface area contributed by atoms with Crippen molar-refractivity contribution >= 4 is 5.78 Å². The topological polar surface area (TPSA) is 20.3 Å². The summed E-state index contributed by atoms with van der Waals surface area (Å²) in [5, 5.41) is 0. The van der Waals surface area contributed by atoms with Gasteiger partial charge in [0.25, 0.3) is 0 Å². The van der Waals surface area contributed by atoms with Crippen molar-refractivity contribution in [1.29, 1.82) is 0 Å². The van der Waals surface area contributed by atoms with E-state index >= 15 is 0 Å². The van der Waals surface area contributed by atoms with Crippen molar-refractivity contribution in [3.05, 3.63) is 0 Å². The van der Waals surface area contributed by atoms with E-state index in [-0.39, 0.29) is 0 Å². The second-order valence-electron chi connectivity index (χ2n) is 7.60. The minimum Gasteiger partial charge on any atom is -0.299 e. The molecule has 2 heteroatoms. The highest BCUT2D eigenvalue weighted by molar-refractivity contribution is 5.83. The number of hydrogen-bond donors (Lipinski definition) is 0. The molecule has 5 unspecified atom stereocenters. The fourth-order valence-electron chi connectivity index (χ4n) is 5.69. The lowest BCUT2D eigenvalue weighted by molar-refractivity contribution is -0.122. The maximum atomic E-state index is 12.0. The van der Waals surface area contributed by atoms with Crippen LogP contribution in [0.4, 0.5) is 0 Å². The molecule has 0 radical (unpaired) electrons. The van der Waals surface area contributed by atoms with Gasteiger partial charge in [0, 0.05) is 24.9 Å². The summed E-state index contributed by atoms with van der Waals surface area (Å²) in [6.07, 6.45) is 11.8. The number of likely N-dealkylation sites (tertiary alicyclic amines) is 1. The largest absolute Gasteiger partial charge is 0.299 e. The average molecular weight is 261 g/mol. The highest BCUT2D eigenvalue weighted by Gasteiger charge is 2.43. The Labute approximate surface area is 116 Å². The van der Waals surface area contributed by atoms with Crippen LogP contribution in [0.15, 0.2) is 0 Å². The Hall–Kier alpha value is -0.370.